The molecule has 1 aromatic heterocycles. The summed E-state index contributed by atoms with van der Waals surface area (Å²) in [5.41, 5.74) is 0. The second-order valence-corrected chi connectivity index (χ2v) is 3.21. The Labute approximate surface area is 105 Å². The van der Waals surface area contributed by atoms with Gasteiger partial charge in [0.1, 0.15) is 5.82 Å². The van der Waals surface area contributed by atoms with Gasteiger partial charge in [-0.3, -0.25) is 4.68 Å². The van der Waals surface area contributed by atoms with Gasteiger partial charge >= 0.3 is 29.6 Å². The Morgan fingerprint density at radius 1 is 1.57 bits per heavy atom. The first-order valence-electron chi connectivity index (χ1n) is 4.10. The van der Waals surface area contributed by atoms with Crippen molar-refractivity contribution in [3.63, 3.8) is 0 Å². The van der Waals surface area contributed by atoms with E-state index in [1.54, 1.807) is 7.05 Å². The van der Waals surface area contributed by atoms with E-state index in [1.165, 1.54) is 4.68 Å². The molecule has 0 radical (unpaired) electrons. The van der Waals surface area contributed by atoms with Crippen LogP contribution in [0.15, 0.2) is 0 Å². The van der Waals surface area contributed by atoms with E-state index in [2.05, 4.69) is 10.1 Å². The average Bonchev–Trinajstić information content (AvgIpc) is 2.31. The van der Waals surface area contributed by atoms with Gasteiger partial charge in [0, 0.05) is 25.4 Å². The van der Waals surface area contributed by atoms with Crippen LogP contribution in [-0.4, -0.2) is 20.7 Å². The Bertz CT molecular complexity index is 322. The smallest absolute Gasteiger partial charge is 0.550 e. The van der Waals surface area contributed by atoms with E-state index in [1.807, 2.05) is 13.8 Å². The van der Waals surface area contributed by atoms with Crippen molar-refractivity contribution < 1.29 is 39.5 Å². The van der Waals surface area contributed by atoms with Crippen LogP contribution in [0.2, 0.25) is 0 Å². The van der Waals surface area contributed by atoms with Crippen LogP contribution in [0.25, 0.3) is 0 Å². The van der Waals surface area contributed by atoms with E-state index in [4.69, 9.17) is 0 Å². The van der Waals surface area contributed by atoms with E-state index in [0.29, 0.717) is 11.6 Å². The quantitative estimate of drug-likeness (QED) is 0.475. The van der Waals surface area contributed by atoms with Crippen LogP contribution in [-0.2, 0) is 18.3 Å². The van der Waals surface area contributed by atoms with Crippen molar-refractivity contribution in [3.8, 4) is 0 Å². The molecular formula is C8H12N3NaO2. The molecule has 0 aromatic carbocycles. The van der Waals surface area contributed by atoms with Gasteiger partial charge in [0.05, 0.1) is 0 Å². The molecule has 0 atom stereocenters. The summed E-state index contributed by atoms with van der Waals surface area (Å²) in [5, 5.41) is 14.4. The van der Waals surface area contributed by atoms with Crippen LogP contribution in [0, 0.1) is 0 Å². The first-order valence-corrected chi connectivity index (χ1v) is 4.10. The number of aliphatic carboxylic acids is 1. The third-order valence-corrected chi connectivity index (χ3v) is 1.69. The van der Waals surface area contributed by atoms with Crippen LogP contribution in [0.4, 0.5) is 0 Å². The topological polar surface area (TPSA) is 70.8 Å². The monoisotopic (exact) mass is 205 g/mol. The third-order valence-electron chi connectivity index (χ3n) is 1.69. The van der Waals surface area contributed by atoms with Gasteiger partial charge in [-0.1, -0.05) is 13.8 Å². The van der Waals surface area contributed by atoms with Crippen molar-refractivity contribution in [2.75, 3.05) is 0 Å². The Morgan fingerprint density at radius 3 is 2.50 bits per heavy atom. The van der Waals surface area contributed by atoms with Crippen molar-refractivity contribution in [3.05, 3.63) is 11.6 Å². The molecule has 0 aliphatic heterocycles. The van der Waals surface area contributed by atoms with Gasteiger partial charge in [-0.05, 0) is 0 Å². The van der Waals surface area contributed by atoms with Gasteiger partial charge < -0.3 is 9.90 Å². The zero-order chi connectivity index (χ0) is 10.0. The number of carboxylic acids is 1. The zero-order valence-corrected chi connectivity index (χ0v) is 10.9. The maximum atomic E-state index is 10.3. The van der Waals surface area contributed by atoms with Gasteiger partial charge in [0.2, 0.25) is 0 Å². The number of hydrogen-bond donors (Lipinski definition) is 0. The molecule has 0 unspecified atom stereocenters. The van der Waals surface area contributed by atoms with Crippen molar-refractivity contribution in [1.29, 1.82) is 0 Å². The minimum Gasteiger partial charge on any atom is -0.550 e. The van der Waals surface area contributed by atoms with Crippen molar-refractivity contribution in [2.24, 2.45) is 7.05 Å². The number of carboxylic acid groups (broad SMARTS) is 1. The summed E-state index contributed by atoms with van der Waals surface area (Å²) in [6, 6.07) is 0. The van der Waals surface area contributed by atoms with Crippen LogP contribution >= 0.6 is 0 Å². The second kappa shape index (κ2) is 5.48. The van der Waals surface area contributed by atoms with Crippen LogP contribution in [0.1, 0.15) is 31.4 Å². The molecule has 6 heteroatoms. The molecule has 0 aliphatic carbocycles. The van der Waals surface area contributed by atoms with Crippen molar-refractivity contribution in [2.45, 2.75) is 26.2 Å². The molecule has 0 amide bonds. The van der Waals surface area contributed by atoms with Gasteiger partial charge in [0.15, 0.2) is 5.82 Å². The summed E-state index contributed by atoms with van der Waals surface area (Å²) >= 11 is 0. The molecule has 0 bridgehead atoms. The largest absolute Gasteiger partial charge is 1.00 e. The fourth-order valence-corrected chi connectivity index (χ4v) is 0.966. The molecular weight excluding hydrogens is 193 g/mol. The fourth-order valence-electron chi connectivity index (χ4n) is 0.966. The summed E-state index contributed by atoms with van der Waals surface area (Å²) in [4.78, 5) is 14.4. The third kappa shape index (κ3) is 3.40. The minimum atomic E-state index is -1.13. The van der Waals surface area contributed by atoms with Gasteiger partial charge in [-0.2, -0.15) is 5.10 Å². The summed E-state index contributed by atoms with van der Waals surface area (Å²) in [6.07, 6.45) is -0.184. The number of nitrogens with zero attached hydrogens (tertiary/aromatic N) is 3. The van der Waals surface area contributed by atoms with E-state index in [0.717, 1.165) is 0 Å². The van der Waals surface area contributed by atoms with Crippen molar-refractivity contribution >= 4 is 5.97 Å². The number of hydrogen-bond acceptors (Lipinski definition) is 4. The van der Waals surface area contributed by atoms with E-state index in [-0.39, 0.29) is 41.9 Å². The van der Waals surface area contributed by atoms with Gasteiger partial charge in [0.25, 0.3) is 0 Å². The summed E-state index contributed by atoms with van der Waals surface area (Å²) in [7, 11) is 1.68. The SMILES string of the molecule is CC(C)c1nc(CC(=O)[O-])n(C)n1.[Na+]. The van der Waals surface area contributed by atoms with E-state index in [9.17, 15) is 9.90 Å². The summed E-state index contributed by atoms with van der Waals surface area (Å²) in [5.74, 6) is 0.176. The molecule has 14 heavy (non-hydrogen) atoms. The van der Waals surface area contributed by atoms with Gasteiger partial charge in [-0.15, -0.1) is 0 Å². The predicted octanol–water partition coefficient (Wildman–Crippen LogP) is -3.77. The van der Waals surface area contributed by atoms with Crippen LogP contribution in [0.3, 0.4) is 0 Å². The number of carbonyl (C=O) groups excluding carboxylic acids is 1. The maximum absolute atomic E-state index is 10.3. The average molecular weight is 205 g/mol. The molecule has 1 heterocycles. The Balaban J connectivity index is 0.00000169. The Kier molecular flexibility index (Phi) is 5.33. The molecule has 72 valence electrons. The van der Waals surface area contributed by atoms with E-state index >= 15 is 0 Å². The first-order chi connectivity index (χ1) is 6.00. The van der Waals surface area contributed by atoms with Crippen LogP contribution in [0.5, 0.6) is 0 Å². The fraction of sp³-hybridized carbons (Fsp3) is 0.625. The van der Waals surface area contributed by atoms with Gasteiger partial charge in [-0.25, -0.2) is 4.98 Å². The molecule has 0 saturated carbocycles. The number of aryl methyl sites for hydroxylation is 1. The molecule has 0 fully saturated rings. The molecule has 1 rings (SSSR count). The molecule has 0 spiro atoms. The second-order valence-electron chi connectivity index (χ2n) is 3.21. The normalized spacial score (nSPS) is 10.0. The molecule has 5 nitrogen and oxygen atoms in total. The Hall–Kier alpha value is -0.390. The molecule has 0 saturated heterocycles. The molecule has 0 N–H and O–H groups in total. The van der Waals surface area contributed by atoms with Crippen LogP contribution < -0.4 is 34.7 Å². The predicted molar refractivity (Wildman–Crippen MR) is 43.8 cm³/mol. The number of aromatic nitrogens is 3. The Morgan fingerprint density at radius 2 is 2.14 bits per heavy atom. The maximum Gasteiger partial charge on any atom is 1.00 e. The van der Waals surface area contributed by atoms with Crippen molar-refractivity contribution in [1.82, 2.24) is 14.8 Å². The van der Waals surface area contributed by atoms with E-state index < -0.39 is 5.97 Å². The minimum absolute atomic E-state index is 0. The molecule has 1 aromatic rings. The zero-order valence-electron chi connectivity index (χ0n) is 8.94. The summed E-state index contributed by atoms with van der Waals surface area (Å²) < 4.78 is 1.48. The number of carbonyl (C=O) groups is 1. The first kappa shape index (κ1) is 13.6. The molecule has 0 aliphatic rings. The summed E-state index contributed by atoms with van der Waals surface area (Å²) in [6.45, 7) is 3.91. The number of rotatable bonds is 3. The standard InChI is InChI=1S/C8H13N3O2.Na/c1-5(2)8-9-6(4-7(12)13)11(3)10-8;/h5H,4H2,1-3H3,(H,12,13);/q;+1/p-1.